The minimum absolute atomic E-state index is 0.0527. The standard InChI is InChI=1S/C11H8ClN3OS/c12-8-2-1-3-10-6(8)4-9(15-17-10)7(5-13)11(14)16/h1-3,15H,4H2,(H2,14,16)/b9-7+. The van der Waals surface area contributed by atoms with Crippen LogP contribution < -0.4 is 10.5 Å². The first-order valence-corrected chi connectivity index (χ1v) is 5.96. The number of nitriles is 1. The van der Waals surface area contributed by atoms with Gasteiger partial charge in [-0.05, 0) is 29.6 Å². The average molecular weight is 266 g/mol. The van der Waals surface area contributed by atoms with Crippen LogP contribution in [-0.2, 0) is 11.2 Å². The number of nitrogens with one attached hydrogen (secondary N) is 1. The molecule has 0 saturated heterocycles. The van der Waals surface area contributed by atoms with Crippen LogP contribution in [0.15, 0.2) is 34.4 Å². The first kappa shape index (κ1) is 11.8. The van der Waals surface area contributed by atoms with Gasteiger partial charge in [0.05, 0.1) is 0 Å². The van der Waals surface area contributed by atoms with E-state index < -0.39 is 5.91 Å². The molecule has 0 aliphatic carbocycles. The second-order valence-corrected chi connectivity index (χ2v) is 4.68. The molecule has 1 amide bonds. The highest BCUT2D eigenvalue weighted by atomic mass is 35.5. The van der Waals surface area contributed by atoms with Crippen molar-refractivity contribution in [3.05, 3.63) is 40.1 Å². The molecule has 1 aromatic rings. The molecule has 2 rings (SSSR count). The lowest BCUT2D eigenvalue weighted by Gasteiger charge is -2.21. The molecule has 6 heteroatoms. The molecule has 86 valence electrons. The first-order chi connectivity index (χ1) is 8.13. The summed E-state index contributed by atoms with van der Waals surface area (Å²) in [5, 5.41) is 9.50. The lowest BCUT2D eigenvalue weighted by Crippen LogP contribution is -2.22. The fraction of sp³-hybridized carbons (Fsp3) is 0.0909. The summed E-state index contributed by atoms with van der Waals surface area (Å²) in [5.74, 6) is -0.730. The number of amides is 1. The van der Waals surface area contributed by atoms with Gasteiger partial charge in [0.15, 0.2) is 0 Å². The highest BCUT2D eigenvalue weighted by molar-refractivity contribution is 7.97. The molecule has 0 atom stereocenters. The molecule has 0 radical (unpaired) electrons. The van der Waals surface area contributed by atoms with Crippen molar-refractivity contribution in [3.63, 3.8) is 0 Å². The number of halogens is 1. The predicted octanol–water partition coefficient (Wildman–Crippen LogP) is 1.76. The van der Waals surface area contributed by atoms with Gasteiger partial charge in [0, 0.05) is 22.0 Å². The lowest BCUT2D eigenvalue weighted by molar-refractivity contribution is -0.114. The molecule has 0 unspecified atom stereocenters. The third kappa shape index (κ3) is 2.23. The van der Waals surface area contributed by atoms with E-state index in [1.165, 1.54) is 11.9 Å². The summed E-state index contributed by atoms with van der Waals surface area (Å²) in [6.45, 7) is 0. The van der Waals surface area contributed by atoms with Crippen molar-refractivity contribution in [2.24, 2.45) is 5.73 Å². The van der Waals surface area contributed by atoms with Crippen LogP contribution in [0.5, 0.6) is 0 Å². The van der Waals surface area contributed by atoms with Gasteiger partial charge >= 0.3 is 0 Å². The molecule has 0 aromatic heterocycles. The van der Waals surface area contributed by atoms with Crippen LogP contribution in [0.25, 0.3) is 0 Å². The van der Waals surface area contributed by atoms with Gasteiger partial charge in [0.1, 0.15) is 11.6 Å². The monoisotopic (exact) mass is 265 g/mol. The third-order valence-electron chi connectivity index (χ3n) is 2.37. The van der Waals surface area contributed by atoms with Gasteiger partial charge in [-0.1, -0.05) is 17.7 Å². The van der Waals surface area contributed by atoms with Crippen molar-refractivity contribution in [3.8, 4) is 6.07 Å². The van der Waals surface area contributed by atoms with Crippen molar-refractivity contribution in [1.82, 2.24) is 4.72 Å². The fourth-order valence-electron chi connectivity index (χ4n) is 1.55. The zero-order chi connectivity index (χ0) is 12.4. The van der Waals surface area contributed by atoms with Crippen LogP contribution >= 0.6 is 23.5 Å². The van der Waals surface area contributed by atoms with Crippen LogP contribution in [0, 0.1) is 11.3 Å². The van der Waals surface area contributed by atoms with E-state index in [-0.39, 0.29) is 5.57 Å². The van der Waals surface area contributed by atoms with Crippen molar-refractivity contribution >= 4 is 29.5 Å². The van der Waals surface area contributed by atoms with Gasteiger partial charge in [-0.3, -0.25) is 4.79 Å². The van der Waals surface area contributed by atoms with Crippen molar-refractivity contribution < 1.29 is 4.79 Å². The SMILES string of the molecule is N#C/C(C(N)=O)=C1/Cc2c(Cl)cccc2SN1. The third-order valence-corrected chi connectivity index (χ3v) is 3.68. The smallest absolute Gasteiger partial charge is 0.261 e. The zero-order valence-corrected chi connectivity index (χ0v) is 10.2. The molecule has 1 heterocycles. The second-order valence-electron chi connectivity index (χ2n) is 3.43. The number of carbonyl (C=O) groups is 1. The van der Waals surface area contributed by atoms with Crippen LogP contribution in [0.4, 0.5) is 0 Å². The van der Waals surface area contributed by atoms with E-state index in [0.29, 0.717) is 17.1 Å². The zero-order valence-electron chi connectivity index (χ0n) is 8.66. The molecule has 1 aliphatic rings. The number of carbonyl (C=O) groups excluding carboxylic acids is 1. The molecule has 1 aliphatic heterocycles. The van der Waals surface area contributed by atoms with Crippen molar-refractivity contribution in [2.45, 2.75) is 11.3 Å². The first-order valence-electron chi connectivity index (χ1n) is 4.76. The maximum atomic E-state index is 11.1. The second kappa shape index (κ2) is 4.70. The summed E-state index contributed by atoms with van der Waals surface area (Å²) in [7, 11) is 0. The number of benzene rings is 1. The van der Waals surface area contributed by atoms with Crippen molar-refractivity contribution in [2.75, 3.05) is 0 Å². The van der Waals surface area contributed by atoms with E-state index >= 15 is 0 Å². The molecule has 0 bridgehead atoms. The van der Waals surface area contributed by atoms with E-state index in [0.717, 1.165) is 10.5 Å². The van der Waals surface area contributed by atoms with Gasteiger partial charge in [-0.15, -0.1) is 0 Å². The summed E-state index contributed by atoms with van der Waals surface area (Å²) in [5.41, 5.74) is 6.49. The van der Waals surface area contributed by atoms with Crippen molar-refractivity contribution in [1.29, 1.82) is 5.26 Å². The summed E-state index contributed by atoms with van der Waals surface area (Å²) in [4.78, 5) is 12.1. The Morgan fingerprint density at radius 2 is 2.35 bits per heavy atom. The van der Waals surface area contributed by atoms with E-state index in [2.05, 4.69) is 4.72 Å². The molecular weight excluding hydrogens is 258 g/mol. The summed E-state index contributed by atoms with van der Waals surface area (Å²) in [6.07, 6.45) is 0.411. The predicted molar refractivity (Wildman–Crippen MR) is 66.0 cm³/mol. The van der Waals surface area contributed by atoms with Gasteiger partial charge in [0.2, 0.25) is 0 Å². The van der Waals surface area contributed by atoms with Crippen LogP contribution in [0.3, 0.4) is 0 Å². The molecule has 4 nitrogen and oxygen atoms in total. The normalized spacial score (nSPS) is 16.5. The number of allylic oxidation sites excluding steroid dienone is 1. The van der Waals surface area contributed by atoms with Gasteiger partial charge in [-0.2, -0.15) is 5.26 Å². The number of nitrogens with two attached hydrogens (primary N) is 1. The Bertz CT molecular complexity index is 562. The molecule has 0 saturated carbocycles. The number of nitrogens with zero attached hydrogens (tertiary/aromatic N) is 1. The fourth-order valence-corrected chi connectivity index (χ4v) is 2.70. The molecule has 1 aromatic carbocycles. The minimum Gasteiger partial charge on any atom is -0.365 e. The van der Waals surface area contributed by atoms with Gasteiger partial charge < -0.3 is 10.5 Å². The number of rotatable bonds is 1. The van der Waals surface area contributed by atoms with E-state index in [1.807, 2.05) is 18.2 Å². The van der Waals surface area contributed by atoms with Crippen LogP contribution in [0.1, 0.15) is 5.56 Å². The number of fused-ring (bicyclic) bond motifs is 1. The topological polar surface area (TPSA) is 78.9 Å². The summed E-state index contributed by atoms with van der Waals surface area (Å²) in [6, 6.07) is 7.36. The Morgan fingerprint density at radius 1 is 1.59 bits per heavy atom. The van der Waals surface area contributed by atoms with Crippen LogP contribution in [0.2, 0.25) is 5.02 Å². The quantitative estimate of drug-likeness (QED) is 0.461. The Morgan fingerprint density at radius 3 is 3.00 bits per heavy atom. The summed E-state index contributed by atoms with van der Waals surface area (Å²) < 4.78 is 2.95. The van der Waals surface area contributed by atoms with Gasteiger partial charge in [-0.25, -0.2) is 0 Å². The molecule has 17 heavy (non-hydrogen) atoms. The number of hydrogen-bond donors (Lipinski definition) is 2. The molecule has 0 fully saturated rings. The molecular formula is C11H8ClN3OS. The lowest BCUT2D eigenvalue weighted by atomic mass is 10.1. The largest absolute Gasteiger partial charge is 0.365 e. The van der Waals surface area contributed by atoms with Gasteiger partial charge in [0.25, 0.3) is 5.91 Å². The average Bonchev–Trinajstić information content (AvgIpc) is 2.30. The molecule has 0 spiro atoms. The Labute approximate surface area is 108 Å². The Kier molecular flexibility index (Phi) is 3.27. The van der Waals surface area contributed by atoms with Crippen LogP contribution in [-0.4, -0.2) is 5.91 Å². The minimum atomic E-state index is -0.730. The van der Waals surface area contributed by atoms with E-state index in [9.17, 15) is 4.79 Å². The molecule has 3 N–H and O–H groups in total. The van der Waals surface area contributed by atoms with E-state index in [1.54, 1.807) is 6.07 Å². The highest BCUT2D eigenvalue weighted by Gasteiger charge is 2.21. The van der Waals surface area contributed by atoms with E-state index in [4.69, 9.17) is 22.6 Å². The number of primary amides is 1. The summed E-state index contributed by atoms with van der Waals surface area (Å²) >= 11 is 7.39. The Hall–Kier alpha value is -1.64. The Balaban J connectivity index is 2.46. The maximum absolute atomic E-state index is 11.1. The maximum Gasteiger partial charge on any atom is 0.261 e. The highest BCUT2D eigenvalue weighted by Crippen LogP contribution is 2.34. The number of hydrogen-bond acceptors (Lipinski definition) is 4.